The van der Waals surface area contributed by atoms with Gasteiger partial charge in [-0.1, -0.05) is 12.1 Å². The summed E-state index contributed by atoms with van der Waals surface area (Å²) in [5, 5.41) is 15.0. The third-order valence-electron chi connectivity index (χ3n) is 7.58. The summed E-state index contributed by atoms with van der Waals surface area (Å²) in [6, 6.07) is 8.69. The molecule has 1 saturated carbocycles. The summed E-state index contributed by atoms with van der Waals surface area (Å²) < 4.78 is 12.9. The van der Waals surface area contributed by atoms with Crippen LogP contribution < -0.4 is 16.0 Å². The van der Waals surface area contributed by atoms with Crippen molar-refractivity contribution in [2.75, 3.05) is 63.2 Å². The van der Waals surface area contributed by atoms with Crippen LogP contribution in [-0.2, 0) is 9.47 Å². The normalized spacial score (nSPS) is 19.0. The molecule has 1 aliphatic carbocycles. The summed E-state index contributed by atoms with van der Waals surface area (Å²) >= 11 is 0. The molecular weight excluding hydrogens is 482 g/mol. The number of carbonyl (C=O) groups is 1. The number of rotatable bonds is 9. The van der Waals surface area contributed by atoms with E-state index in [-0.39, 0.29) is 5.91 Å². The molecule has 3 aromatic rings. The molecule has 0 radical (unpaired) electrons. The predicted molar refractivity (Wildman–Crippen MR) is 147 cm³/mol. The van der Waals surface area contributed by atoms with Gasteiger partial charge in [0.15, 0.2) is 5.65 Å². The smallest absolute Gasteiger partial charge is 0.251 e. The van der Waals surface area contributed by atoms with E-state index >= 15 is 0 Å². The average Bonchev–Trinajstić information content (AvgIpc) is 3.64. The minimum absolute atomic E-state index is 0.00393. The maximum Gasteiger partial charge on any atom is 0.251 e. The minimum Gasteiger partial charge on any atom is -0.381 e. The lowest BCUT2D eigenvalue weighted by Crippen LogP contribution is -2.39. The topological polar surface area (TPSA) is 105 Å². The van der Waals surface area contributed by atoms with E-state index in [1.807, 2.05) is 29.8 Å². The van der Waals surface area contributed by atoms with Crippen molar-refractivity contribution in [1.29, 1.82) is 0 Å². The van der Waals surface area contributed by atoms with Crippen LogP contribution in [0.2, 0.25) is 0 Å². The number of benzene rings is 1. The van der Waals surface area contributed by atoms with Crippen LogP contribution >= 0.6 is 0 Å². The first-order valence-corrected chi connectivity index (χ1v) is 13.8. The number of morpholine rings is 1. The number of hydrogen-bond donors (Lipinski definition) is 3. The number of amides is 1. The van der Waals surface area contributed by atoms with Crippen molar-refractivity contribution in [2.24, 2.45) is 0 Å². The highest BCUT2D eigenvalue weighted by Crippen LogP contribution is 2.29. The van der Waals surface area contributed by atoms with Crippen molar-refractivity contribution in [3.63, 3.8) is 0 Å². The molecule has 4 heterocycles. The summed E-state index contributed by atoms with van der Waals surface area (Å²) in [5.41, 5.74) is 4.38. The van der Waals surface area contributed by atoms with Crippen LogP contribution in [0, 0.1) is 6.92 Å². The Morgan fingerprint density at radius 3 is 2.58 bits per heavy atom. The summed E-state index contributed by atoms with van der Waals surface area (Å²) in [7, 11) is 0. The Bertz CT molecular complexity index is 1280. The fraction of sp³-hybridized carbons (Fsp3) is 0.536. The summed E-state index contributed by atoms with van der Waals surface area (Å²) in [5.74, 6) is 1.74. The van der Waals surface area contributed by atoms with Gasteiger partial charge in [0.1, 0.15) is 11.6 Å². The van der Waals surface area contributed by atoms with E-state index in [9.17, 15) is 4.79 Å². The monoisotopic (exact) mass is 519 g/mol. The quantitative estimate of drug-likeness (QED) is 0.396. The molecule has 2 aliphatic heterocycles. The number of nitrogens with zero attached hydrogens (tertiary/aromatic N) is 4. The van der Waals surface area contributed by atoms with Gasteiger partial charge < -0.3 is 25.4 Å². The van der Waals surface area contributed by atoms with Gasteiger partial charge >= 0.3 is 0 Å². The first-order chi connectivity index (χ1) is 18.6. The van der Waals surface area contributed by atoms with Crippen molar-refractivity contribution >= 4 is 23.2 Å². The van der Waals surface area contributed by atoms with E-state index in [2.05, 4.69) is 33.0 Å². The van der Waals surface area contributed by atoms with Gasteiger partial charge in [-0.3, -0.25) is 9.69 Å². The fourth-order valence-corrected chi connectivity index (χ4v) is 5.16. The van der Waals surface area contributed by atoms with Crippen LogP contribution in [0.15, 0.2) is 30.5 Å². The zero-order chi connectivity index (χ0) is 25.9. The molecule has 10 nitrogen and oxygen atoms in total. The number of aromatic nitrogens is 3. The van der Waals surface area contributed by atoms with E-state index < -0.39 is 0 Å². The summed E-state index contributed by atoms with van der Waals surface area (Å²) in [6.07, 6.45) is 5.94. The molecule has 1 aromatic carbocycles. The van der Waals surface area contributed by atoms with E-state index in [4.69, 9.17) is 19.6 Å². The molecule has 0 bridgehead atoms. The van der Waals surface area contributed by atoms with E-state index in [1.54, 1.807) is 0 Å². The van der Waals surface area contributed by atoms with Gasteiger partial charge in [0, 0.05) is 68.7 Å². The molecule has 0 unspecified atom stereocenters. The number of anilines is 2. The van der Waals surface area contributed by atoms with E-state index in [0.717, 1.165) is 118 Å². The molecule has 2 saturated heterocycles. The van der Waals surface area contributed by atoms with E-state index in [1.165, 1.54) is 0 Å². The molecule has 3 fully saturated rings. The Labute approximate surface area is 223 Å². The first-order valence-electron chi connectivity index (χ1n) is 13.8. The fourth-order valence-electron chi connectivity index (χ4n) is 5.16. The van der Waals surface area contributed by atoms with Crippen molar-refractivity contribution in [1.82, 2.24) is 24.8 Å². The third-order valence-corrected chi connectivity index (χ3v) is 7.58. The number of hydrogen-bond acceptors (Lipinski definition) is 8. The van der Waals surface area contributed by atoms with Gasteiger partial charge in [0.25, 0.3) is 5.91 Å². The Morgan fingerprint density at radius 2 is 1.82 bits per heavy atom. The largest absolute Gasteiger partial charge is 0.381 e. The second-order valence-electron chi connectivity index (χ2n) is 10.5. The number of ether oxygens (including phenoxy) is 2. The van der Waals surface area contributed by atoms with Crippen LogP contribution in [-0.4, -0.2) is 90.1 Å². The zero-order valence-electron chi connectivity index (χ0n) is 22.0. The van der Waals surface area contributed by atoms with Crippen LogP contribution in [0.5, 0.6) is 0 Å². The van der Waals surface area contributed by atoms with Gasteiger partial charge in [-0.05, 0) is 49.8 Å². The first kappa shape index (κ1) is 25.1. The van der Waals surface area contributed by atoms with Crippen molar-refractivity contribution in [2.45, 2.75) is 44.7 Å². The van der Waals surface area contributed by atoms with Gasteiger partial charge in [-0.15, -0.1) is 0 Å². The molecule has 1 amide bonds. The number of nitrogens with one attached hydrogen (secondary N) is 3. The summed E-state index contributed by atoms with van der Waals surface area (Å²) in [6.45, 7) is 8.77. The van der Waals surface area contributed by atoms with Crippen LogP contribution in [0.25, 0.3) is 16.8 Å². The molecule has 3 aliphatic rings. The molecule has 0 atom stereocenters. The predicted octanol–water partition coefficient (Wildman–Crippen LogP) is 2.93. The highest BCUT2D eigenvalue weighted by molar-refractivity contribution is 5.97. The Morgan fingerprint density at radius 1 is 1.03 bits per heavy atom. The average molecular weight is 520 g/mol. The number of fused-ring (bicyclic) bond motifs is 1. The maximum absolute atomic E-state index is 12.6. The molecule has 3 N–H and O–H groups in total. The SMILES string of the molecule is Cc1cc(-c2cnn3c(NCCN4CCOCC4)cc(NC4CCOCC4)nc23)ccc1C(=O)NC1CC1. The van der Waals surface area contributed by atoms with Gasteiger partial charge in [-0.2, -0.15) is 9.61 Å². The van der Waals surface area contributed by atoms with Crippen LogP contribution in [0.1, 0.15) is 41.6 Å². The molecule has 2 aromatic heterocycles. The molecule has 6 rings (SSSR count). The van der Waals surface area contributed by atoms with Crippen molar-refractivity contribution in [3.8, 4) is 11.1 Å². The Kier molecular flexibility index (Phi) is 7.44. The Hall–Kier alpha value is -3.21. The van der Waals surface area contributed by atoms with Crippen LogP contribution in [0.3, 0.4) is 0 Å². The molecular formula is C28H37N7O3. The number of aryl methyl sites for hydroxylation is 1. The highest BCUT2D eigenvalue weighted by atomic mass is 16.5. The molecule has 10 heteroatoms. The Balaban J connectivity index is 1.28. The van der Waals surface area contributed by atoms with Crippen molar-refractivity contribution < 1.29 is 14.3 Å². The van der Waals surface area contributed by atoms with Gasteiger partial charge in [0.2, 0.25) is 0 Å². The molecule has 0 spiro atoms. The standard InChI is InChI=1S/C28H37N7O3/c1-19-16-20(2-5-23(19)28(36)32-21-3-4-21)24-18-30-35-26(29-8-9-34-10-14-38-15-11-34)17-25(33-27(24)35)31-22-6-12-37-13-7-22/h2,5,16-18,21-22,29H,3-4,6-15H2,1H3,(H,31,33)(H,32,36). The second-order valence-corrected chi connectivity index (χ2v) is 10.5. The summed E-state index contributed by atoms with van der Waals surface area (Å²) in [4.78, 5) is 20.1. The maximum atomic E-state index is 12.6. The lowest BCUT2D eigenvalue weighted by molar-refractivity contribution is 0.0398. The molecule has 202 valence electrons. The van der Waals surface area contributed by atoms with Gasteiger partial charge in [0.05, 0.1) is 19.4 Å². The third kappa shape index (κ3) is 5.77. The second kappa shape index (κ2) is 11.3. The highest BCUT2D eigenvalue weighted by Gasteiger charge is 2.25. The molecule has 38 heavy (non-hydrogen) atoms. The van der Waals surface area contributed by atoms with Gasteiger partial charge in [-0.25, -0.2) is 4.98 Å². The lowest BCUT2D eigenvalue weighted by Gasteiger charge is -2.27. The van der Waals surface area contributed by atoms with E-state index in [0.29, 0.717) is 12.1 Å². The zero-order valence-corrected chi connectivity index (χ0v) is 22.0. The van der Waals surface area contributed by atoms with Crippen LogP contribution in [0.4, 0.5) is 11.6 Å². The van der Waals surface area contributed by atoms with Crippen molar-refractivity contribution in [3.05, 3.63) is 41.6 Å². The minimum atomic E-state index is 0.00393. The lowest BCUT2D eigenvalue weighted by atomic mass is 10.0. The number of carbonyl (C=O) groups excluding carboxylic acids is 1.